The zero-order valence-electron chi connectivity index (χ0n) is 11.8. The van der Waals surface area contributed by atoms with E-state index in [9.17, 15) is 0 Å². The fraction of sp³-hybridized carbons (Fsp3) is 0.308. The highest BCUT2D eigenvalue weighted by molar-refractivity contribution is 7.22. The second-order valence-corrected chi connectivity index (χ2v) is 5.78. The van der Waals surface area contributed by atoms with Gasteiger partial charge < -0.3 is 15.8 Å². The van der Waals surface area contributed by atoms with Crippen LogP contribution in [0.2, 0.25) is 0 Å². The Morgan fingerprint density at radius 2 is 2.33 bits per heavy atom. The van der Waals surface area contributed by atoms with E-state index in [1.807, 2.05) is 19.1 Å². The van der Waals surface area contributed by atoms with E-state index >= 15 is 0 Å². The summed E-state index contributed by atoms with van der Waals surface area (Å²) >= 11 is 1.60. The lowest BCUT2D eigenvalue weighted by Crippen LogP contribution is -2.21. The predicted molar refractivity (Wildman–Crippen MR) is 84.4 cm³/mol. The van der Waals surface area contributed by atoms with E-state index in [0.29, 0.717) is 6.61 Å². The maximum Gasteiger partial charge on any atom is 0.222 e. The van der Waals surface area contributed by atoms with Crippen LogP contribution in [0, 0.1) is 0 Å². The Bertz CT molecular complexity index is 739. The lowest BCUT2D eigenvalue weighted by molar-refractivity contribution is 0.190. The Morgan fingerprint density at radius 1 is 1.48 bits per heavy atom. The Morgan fingerprint density at radius 3 is 3.05 bits per heavy atom. The molecule has 3 aromatic rings. The van der Waals surface area contributed by atoms with Gasteiger partial charge in [-0.3, -0.25) is 5.10 Å². The molecule has 0 saturated heterocycles. The fourth-order valence-corrected chi connectivity index (χ4v) is 3.12. The van der Waals surface area contributed by atoms with Gasteiger partial charge in [-0.1, -0.05) is 0 Å². The monoisotopic (exact) mass is 304 g/mol. The molecule has 0 unspecified atom stereocenters. The lowest BCUT2D eigenvalue weighted by Gasteiger charge is -2.13. The minimum atomic E-state index is 0.130. The number of nitrogens with zero attached hydrogens (tertiary/aromatic N) is 3. The molecule has 0 aliphatic rings. The van der Waals surface area contributed by atoms with Gasteiger partial charge in [-0.2, -0.15) is 10.1 Å². The summed E-state index contributed by atoms with van der Waals surface area (Å²) in [7, 11) is 1.67. The van der Waals surface area contributed by atoms with Crippen LogP contribution in [0.1, 0.15) is 6.92 Å². The van der Waals surface area contributed by atoms with Crippen molar-refractivity contribution in [3.63, 3.8) is 0 Å². The van der Waals surface area contributed by atoms with Crippen molar-refractivity contribution in [1.82, 2.24) is 20.2 Å². The summed E-state index contributed by atoms with van der Waals surface area (Å²) in [5, 5.41) is 10.2. The molecule has 0 aliphatic heterocycles. The summed E-state index contributed by atoms with van der Waals surface area (Å²) in [6, 6.07) is 4.03. The van der Waals surface area contributed by atoms with Crippen LogP contribution in [0.5, 0.6) is 0 Å². The van der Waals surface area contributed by atoms with E-state index in [1.165, 1.54) is 0 Å². The van der Waals surface area contributed by atoms with Crippen molar-refractivity contribution in [2.75, 3.05) is 24.8 Å². The Labute approximate surface area is 125 Å². The minimum Gasteiger partial charge on any atom is -0.383 e. The second kappa shape index (κ2) is 5.66. The van der Waals surface area contributed by atoms with Crippen molar-refractivity contribution >= 4 is 33.3 Å². The number of hydrogen-bond acceptors (Lipinski definition) is 7. The van der Waals surface area contributed by atoms with Crippen LogP contribution in [0.15, 0.2) is 18.3 Å². The smallest absolute Gasteiger partial charge is 0.222 e. The van der Waals surface area contributed by atoms with Crippen molar-refractivity contribution in [3.8, 4) is 10.6 Å². The Kier molecular flexibility index (Phi) is 3.72. The first-order chi connectivity index (χ1) is 10.2. The van der Waals surface area contributed by atoms with Crippen molar-refractivity contribution < 1.29 is 4.74 Å². The van der Waals surface area contributed by atoms with E-state index in [-0.39, 0.29) is 12.0 Å². The zero-order chi connectivity index (χ0) is 14.8. The number of aromatic amines is 1. The molecule has 0 saturated carbocycles. The number of aromatic nitrogens is 4. The van der Waals surface area contributed by atoms with E-state index in [4.69, 9.17) is 10.5 Å². The number of nitrogens with two attached hydrogens (primary N) is 1. The molecule has 3 rings (SSSR count). The van der Waals surface area contributed by atoms with Crippen LogP contribution in [-0.2, 0) is 4.74 Å². The average molecular weight is 304 g/mol. The number of methoxy groups -OCH3 is 1. The van der Waals surface area contributed by atoms with Gasteiger partial charge in [0.2, 0.25) is 5.95 Å². The molecular formula is C13H16N6OS. The number of anilines is 2. The summed E-state index contributed by atoms with van der Waals surface area (Å²) in [5.41, 5.74) is 7.57. The van der Waals surface area contributed by atoms with Gasteiger partial charge >= 0.3 is 0 Å². The summed E-state index contributed by atoms with van der Waals surface area (Å²) in [6.45, 7) is 2.61. The molecule has 0 amide bonds. The molecule has 21 heavy (non-hydrogen) atoms. The normalized spacial score (nSPS) is 12.7. The van der Waals surface area contributed by atoms with Crippen molar-refractivity contribution in [2.24, 2.45) is 0 Å². The van der Waals surface area contributed by atoms with Crippen LogP contribution in [0.3, 0.4) is 0 Å². The van der Waals surface area contributed by atoms with Crippen LogP contribution in [-0.4, -0.2) is 39.9 Å². The van der Waals surface area contributed by atoms with E-state index in [2.05, 4.69) is 25.5 Å². The van der Waals surface area contributed by atoms with Gasteiger partial charge in [0, 0.05) is 19.3 Å². The van der Waals surface area contributed by atoms with Crippen molar-refractivity contribution in [3.05, 3.63) is 18.3 Å². The number of thiophene rings is 1. The number of H-pyrrole nitrogens is 1. The molecule has 3 heterocycles. The zero-order valence-corrected chi connectivity index (χ0v) is 12.6. The molecule has 1 atom stereocenters. The molecule has 0 radical (unpaired) electrons. The van der Waals surface area contributed by atoms with Gasteiger partial charge in [-0.25, -0.2) is 4.98 Å². The Balaban J connectivity index is 2.03. The standard InChI is InChI=1S/C13H16N6OS/c1-7(6-20-2)16-12-11-9(17-13(14)18-12)5-10(21-11)8-3-4-15-19-8/h3-5,7H,6H2,1-2H3,(H,15,19)(H3,14,16,17,18)/t7-/m1/s1. The first kappa shape index (κ1) is 13.8. The van der Waals surface area contributed by atoms with Gasteiger partial charge in [-0.15, -0.1) is 11.3 Å². The molecule has 0 spiro atoms. The second-order valence-electron chi connectivity index (χ2n) is 4.73. The van der Waals surface area contributed by atoms with Gasteiger partial charge in [0.1, 0.15) is 5.82 Å². The van der Waals surface area contributed by atoms with Crippen LogP contribution in [0.4, 0.5) is 11.8 Å². The predicted octanol–water partition coefficient (Wildman–Crippen LogP) is 2.11. The third kappa shape index (κ3) is 2.81. The number of fused-ring (bicyclic) bond motifs is 1. The molecule has 0 aromatic carbocycles. The molecule has 7 nitrogen and oxygen atoms in total. The molecule has 3 aromatic heterocycles. The van der Waals surface area contributed by atoms with Crippen LogP contribution < -0.4 is 11.1 Å². The van der Waals surface area contributed by atoms with Crippen molar-refractivity contribution in [2.45, 2.75) is 13.0 Å². The fourth-order valence-electron chi connectivity index (χ4n) is 2.10. The Hall–Kier alpha value is -2.19. The quantitative estimate of drug-likeness (QED) is 0.667. The van der Waals surface area contributed by atoms with Crippen LogP contribution in [0.25, 0.3) is 20.8 Å². The largest absolute Gasteiger partial charge is 0.383 e. The van der Waals surface area contributed by atoms with E-state index in [0.717, 1.165) is 26.6 Å². The minimum absolute atomic E-state index is 0.130. The van der Waals surface area contributed by atoms with E-state index < -0.39 is 0 Å². The maximum absolute atomic E-state index is 5.79. The summed E-state index contributed by atoms with van der Waals surface area (Å²) in [4.78, 5) is 9.64. The summed E-state index contributed by atoms with van der Waals surface area (Å²) < 4.78 is 6.10. The molecule has 8 heteroatoms. The van der Waals surface area contributed by atoms with Gasteiger partial charge in [0.05, 0.1) is 27.4 Å². The number of nitrogen functional groups attached to an aromatic ring is 1. The molecule has 0 aliphatic carbocycles. The van der Waals surface area contributed by atoms with Gasteiger partial charge in [0.15, 0.2) is 0 Å². The number of nitrogens with one attached hydrogen (secondary N) is 2. The molecule has 4 N–H and O–H groups in total. The number of rotatable bonds is 5. The van der Waals surface area contributed by atoms with Gasteiger partial charge in [-0.05, 0) is 19.1 Å². The molecule has 0 bridgehead atoms. The summed E-state index contributed by atoms with van der Waals surface area (Å²) in [5.74, 6) is 0.987. The highest BCUT2D eigenvalue weighted by Crippen LogP contribution is 2.35. The average Bonchev–Trinajstić information content (AvgIpc) is 3.06. The highest BCUT2D eigenvalue weighted by atomic mass is 32.1. The summed E-state index contributed by atoms with van der Waals surface area (Å²) in [6.07, 6.45) is 1.72. The maximum atomic E-state index is 5.79. The van der Waals surface area contributed by atoms with E-state index in [1.54, 1.807) is 24.6 Å². The number of hydrogen-bond donors (Lipinski definition) is 3. The number of ether oxygens (including phenoxy) is 1. The first-order valence-electron chi connectivity index (χ1n) is 6.49. The molecule has 110 valence electrons. The van der Waals surface area contributed by atoms with Crippen molar-refractivity contribution in [1.29, 1.82) is 0 Å². The third-order valence-electron chi connectivity index (χ3n) is 2.95. The lowest BCUT2D eigenvalue weighted by atomic mass is 10.3. The SMILES string of the molecule is COC[C@@H](C)Nc1nc(N)nc2cc(-c3ccn[nH]3)sc12. The molecular weight excluding hydrogens is 288 g/mol. The topological polar surface area (TPSA) is 102 Å². The first-order valence-corrected chi connectivity index (χ1v) is 7.31. The third-order valence-corrected chi connectivity index (χ3v) is 4.12. The van der Waals surface area contributed by atoms with Gasteiger partial charge in [0.25, 0.3) is 0 Å². The highest BCUT2D eigenvalue weighted by Gasteiger charge is 2.14. The van der Waals surface area contributed by atoms with Crippen LogP contribution >= 0.6 is 11.3 Å². The molecule has 0 fully saturated rings.